The number of nitrogens with one attached hydrogen (secondary N) is 2. The zero-order valence-corrected chi connectivity index (χ0v) is 17.6. The van der Waals surface area contributed by atoms with Crippen LogP contribution in [0.3, 0.4) is 0 Å². The molecule has 1 atom stereocenters. The van der Waals surface area contributed by atoms with Crippen molar-refractivity contribution in [2.45, 2.75) is 44.8 Å². The number of benzene rings is 3. The van der Waals surface area contributed by atoms with Crippen LogP contribution >= 0.6 is 0 Å². The van der Waals surface area contributed by atoms with Gasteiger partial charge >= 0.3 is 0 Å². The first-order valence-corrected chi connectivity index (χ1v) is 10.1. The predicted octanol–water partition coefficient (Wildman–Crippen LogP) is 4.87. The van der Waals surface area contributed by atoms with Crippen molar-refractivity contribution in [2.24, 2.45) is 0 Å². The fourth-order valence-electron chi connectivity index (χ4n) is 3.68. The molecule has 2 N–H and O–H groups in total. The molecule has 0 aliphatic heterocycles. The van der Waals surface area contributed by atoms with E-state index in [0.717, 1.165) is 16.7 Å². The summed E-state index contributed by atoms with van der Waals surface area (Å²) in [4.78, 5) is 13.0. The maximum atomic E-state index is 13.0. The van der Waals surface area contributed by atoms with Gasteiger partial charge in [-0.15, -0.1) is 0 Å². The second-order valence-electron chi connectivity index (χ2n) is 8.45. The highest BCUT2D eigenvalue weighted by atomic mass is 16.2. The minimum absolute atomic E-state index is 0.0235. The van der Waals surface area contributed by atoms with Crippen LogP contribution in [0.5, 0.6) is 0 Å². The van der Waals surface area contributed by atoms with Crippen LogP contribution in [0.1, 0.15) is 44.4 Å². The Bertz CT molecular complexity index is 819. The summed E-state index contributed by atoms with van der Waals surface area (Å²) in [5.74, 6) is -0.0235. The van der Waals surface area contributed by atoms with Crippen molar-refractivity contribution in [1.29, 1.82) is 0 Å². The van der Waals surface area contributed by atoms with Crippen molar-refractivity contribution in [3.8, 4) is 0 Å². The van der Waals surface area contributed by atoms with Gasteiger partial charge in [0.15, 0.2) is 0 Å². The Morgan fingerprint density at radius 2 is 1.03 bits per heavy atom. The lowest BCUT2D eigenvalue weighted by Gasteiger charge is -2.39. The van der Waals surface area contributed by atoms with Crippen LogP contribution in [-0.2, 0) is 10.3 Å². The van der Waals surface area contributed by atoms with Crippen molar-refractivity contribution >= 4 is 5.91 Å². The fraction of sp³-hybridized carbons (Fsp3) is 0.269. The standard InChI is InChI=1S/C26H30N2O/c1-20(24(29)28-25(2,3)4)27-26(21-14-8-5-9-15-21,22-16-10-6-11-17-22)23-18-12-7-13-19-23/h5-20,27H,1-4H3,(H,28,29)/t20-/m0/s1. The van der Waals surface area contributed by atoms with Crippen LogP contribution in [0, 0.1) is 0 Å². The number of hydrogen-bond donors (Lipinski definition) is 2. The summed E-state index contributed by atoms with van der Waals surface area (Å²) in [6, 6.07) is 30.5. The van der Waals surface area contributed by atoms with Gasteiger partial charge in [-0.1, -0.05) is 91.0 Å². The molecule has 150 valence electrons. The van der Waals surface area contributed by atoms with Gasteiger partial charge in [-0.2, -0.15) is 0 Å². The zero-order chi connectivity index (χ0) is 20.9. The molecule has 0 bridgehead atoms. The van der Waals surface area contributed by atoms with Crippen LogP contribution in [0.4, 0.5) is 0 Å². The van der Waals surface area contributed by atoms with Gasteiger partial charge in [0.25, 0.3) is 0 Å². The molecule has 3 heteroatoms. The maximum Gasteiger partial charge on any atom is 0.237 e. The number of hydrogen-bond acceptors (Lipinski definition) is 2. The molecule has 0 radical (unpaired) electrons. The lowest BCUT2D eigenvalue weighted by Crippen LogP contribution is -2.56. The molecule has 0 heterocycles. The Kier molecular flexibility index (Phi) is 6.19. The van der Waals surface area contributed by atoms with Crippen LogP contribution < -0.4 is 10.6 Å². The molecule has 3 aromatic carbocycles. The van der Waals surface area contributed by atoms with E-state index in [0.29, 0.717) is 0 Å². The van der Waals surface area contributed by atoms with Gasteiger partial charge in [-0.05, 0) is 44.4 Å². The van der Waals surface area contributed by atoms with E-state index in [1.165, 1.54) is 0 Å². The van der Waals surface area contributed by atoms with Crippen molar-refractivity contribution < 1.29 is 4.79 Å². The zero-order valence-electron chi connectivity index (χ0n) is 17.6. The molecular weight excluding hydrogens is 356 g/mol. The van der Waals surface area contributed by atoms with Crippen molar-refractivity contribution in [3.05, 3.63) is 108 Å². The monoisotopic (exact) mass is 386 g/mol. The Balaban J connectivity index is 2.16. The Labute approximate surface area is 174 Å². The summed E-state index contributed by atoms with van der Waals surface area (Å²) >= 11 is 0. The average molecular weight is 387 g/mol. The van der Waals surface area contributed by atoms with Gasteiger partial charge in [0.2, 0.25) is 5.91 Å². The summed E-state index contributed by atoms with van der Waals surface area (Å²) in [5, 5.41) is 6.78. The Hall–Kier alpha value is -2.91. The molecule has 1 amide bonds. The first-order valence-electron chi connectivity index (χ1n) is 10.1. The van der Waals surface area contributed by atoms with Crippen molar-refractivity contribution in [2.75, 3.05) is 0 Å². The van der Waals surface area contributed by atoms with E-state index < -0.39 is 11.6 Å². The largest absolute Gasteiger partial charge is 0.350 e. The van der Waals surface area contributed by atoms with Gasteiger partial charge in [0.1, 0.15) is 0 Å². The van der Waals surface area contributed by atoms with Gasteiger partial charge < -0.3 is 5.32 Å². The number of rotatable bonds is 6. The summed E-state index contributed by atoms with van der Waals surface area (Å²) in [6.07, 6.45) is 0. The van der Waals surface area contributed by atoms with Gasteiger partial charge in [-0.3, -0.25) is 10.1 Å². The van der Waals surface area contributed by atoms with E-state index in [1.807, 2.05) is 82.3 Å². The molecular formula is C26H30N2O. The first-order chi connectivity index (χ1) is 13.8. The van der Waals surface area contributed by atoms with Crippen molar-refractivity contribution in [1.82, 2.24) is 10.6 Å². The molecule has 0 aliphatic carbocycles. The molecule has 0 fully saturated rings. The SMILES string of the molecule is C[C@H](NC(c1ccccc1)(c1ccccc1)c1ccccc1)C(=O)NC(C)(C)C. The molecule has 0 aromatic heterocycles. The minimum Gasteiger partial charge on any atom is -0.350 e. The highest BCUT2D eigenvalue weighted by molar-refractivity contribution is 5.82. The number of amides is 1. The Morgan fingerprint density at radius 1 is 0.690 bits per heavy atom. The molecule has 0 saturated carbocycles. The van der Waals surface area contributed by atoms with E-state index in [-0.39, 0.29) is 11.4 Å². The minimum atomic E-state index is -0.654. The van der Waals surface area contributed by atoms with Gasteiger partial charge in [0, 0.05) is 5.54 Å². The molecule has 29 heavy (non-hydrogen) atoms. The summed E-state index contributed by atoms with van der Waals surface area (Å²) in [5.41, 5.74) is 2.33. The Morgan fingerprint density at radius 3 is 1.34 bits per heavy atom. The molecule has 0 aliphatic rings. The lowest BCUT2D eigenvalue weighted by atomic mass is 9.76. The average Bonchev–Trinajstić information content (AvgIpc) is 2.72. The van der Waals surface area contributed by atoms with Crippen LogP contribution in [0.25, 0.3) is 0 Å². The number of carbonyl (C=O) groups is 1. The smallest absolute Gasteiger partial charge is 0.237 e. The third kappa shape index (κ3) is 4.75. The molecule has 0 spiro atoms. The lowest BCUT2D eigenvalue weighted by molar-refractivity contribution is -0.124. The predicted molar refractivity (Wildman–Crippen MR) is 120 cm³/mol. The summed E-state index contributed by atoms with van der Waals surface area (Å²) in [7, 11) is 0. The quantitative estimate of drug-likeness (QED) is 0.593. The topological polar surface area (TPSA) is 41.1 Å². The fourth-order valence-corrected chi connectivity index (χ4v) is 3.68. The second-order valence-corrected chi connectivity index (χ2v) is 8.45. The summed E-state index contributed by atoms with van der Waals surface area (Å²) < 4.78 is 0. The number of carbonyl (C=O) groups excluding carboxylic acids is 1. The third-order valence-electron chi connectivity index (χ3n) is 4.94. The van der Waals surface area contributed by atoms with Crippen LogP contribution in [0.2, 0.25) is 0 Å². The molecule has 3 nitrogen and oxygen atoms in total. The van der Waals surface area contributed by atoms with Gasteiger partial charge in [-0.25, -0.2) is 0 Å². The molecule has 0 unspecified atom stereocenters. The first kappa shape index (κ1) is 20.8. The van der Waals surface area contributed by atoms with E-state index in [4.69, 9.17) is 0 Å². The third-order valence-corrected chi connectivity index (χ3v) is 4.94. The summed E-state index contributed by atoms with van der Waals surface area (Å²) in [6.45, 7) is 7.91. The highest BCUT2D eigenvalue weighted by Gasteiger charge is 2.38. The van der Waals surface area contributed by atoms with Crippen LogP contribution in [0.15, 0.2) is 91.0 Å². The molecule has 3 rings (SSSR count). The van der Waals surface area contributed by atoms with Crippen LogP contribution in [-0.4, -0.2) is 17.5 Å². The highest BCUT2D eigenvalue weighted by Crippen LogP contribution is 2.37. The normalized spacial score (nSPS) is 13.0. The van der Waals surface area contributed by atoms with Crippen molar-refractivity contribution in [3.63, 3.8) is 0 Å². The van der Waals surface area contributed by atoms with E-state index in [9.17, 15) is 4.79 Å². The maximum absolute atomic E-state index is 13.0. The van der Waals surface area contributed by atoms with E-state index >= 15 is 0 Å². The molecule has 3 aromatic rings. The van der Waals surface area contributed by atoms with Gasteiger partial charge in [0.05, 0.1) is 11.6 Å². The van der Waals surface area contributed by atoms with E-state index in [1.54, 1.807) is 0 Å². The second kappa shape index (κ2) is 8.62. The molecule has 0 saturated heterocycles. The van der Waals surface area contributed by atoms with E-state index in [2.05, 4.69) is 47.0 Å².